The summed E-state index contributed by atoms with van der Waals surface area (Å²) in [6.07, 6.45) is 0. The first kappa shape index (κ1) is 17.0. The van der Waals surface area contributed by atoms with Crippen molar-refractivity contribution in [3.63, 3.8) is 0 Å². The van der Waals surface area contributed by atoms with Gasteiger partial charge in [-0.05, 0) is 51.1 Å². The predicted octanol–water partition coefficient (Wildman–Crippen LogP) is 3.51. The largest absolute Gasteiger partial charge is 0.319 e. The highest BCUT2D eigenvalue weighted by molar-refractivity contribution is 6.06. The van der Waals surface area contributed by atoms with Gasteiger partial charge in [-0.15, -0.1) is 5.10 Å². The second-order valence-corrected chi connectivity index (χ2v) is 6.36. The maximum atomic E-state index is 12.8. The number of aryl methyl sites for hydroxylation is 2. The third-order valence-electron chi connectivity index (χ3n) is 4.61. The number of fused-ring (bicyclic) bond motifs is 1. The van der Waals surface area contributed by atoms with Gasteiger partial charge in [-0.3, -0.25) is 4.79 Å². The van der Waals surface area contributed by atoms with Gasteiger partial charge in [-0.1, -0.05) is 23.4 Å². The number of nitrogens with zero attached hydrogens (tertiary/aromatic N) is 5. The van der Waals surface area contributed by atoms with Crippen LogP contribution in [-0.2, 0) is 6.54 Å². The van der Waals surface area contributed by atoms with Crippen LogP contribution in [-0.4, -0.2) is 30.7 Å². The smallest absolute Gasteiger partial charge is 0.255 e. The third-order valence-corrected chi connectivity index (χ3v) is 4.61. The average Bonchev–Trinajstić information content (AvgIpc) is 3.23. The number of benzene rings is 2. The van der Waals surface area contributed by atoms with Gasteiger partial charge in [0.05, 0.1) is 28.3 Å². The number of nitrogens with one attached hydrogen (secondary N) is 1. The lowest BCUT2D eigenvalue weighted by molar-refractivity contribution is 0.102. The molecule has 0 atom stereocenters. The molecule has 0 saturated heterocycles. The lowest BCUT2D eigenvalue weighted by atomic mass is 10.1. The van der Waals surface area contributed by atoms with E-state index < -0.39 is 0 Å². The summed E-state index contributed by atoms with van der Waals surface area (Å²) in [4.78, 5) is 12.8. The summed E-state index contributed by atoms with van der Waals surface area (Å²) in [5, 5.41) is 15.8. The number of hydrogen-bond donors (Lipinski definition) is 1. The maximum absolute atomic E-state index is 12.8. The van der Waals surface area contributed by atoms with E-state index in [1.54, 1.807) is 16.8 Å². The molecule has 0 radical (unpaired) electrons. The molecule has 136 valence electrons. The quantitative estimate of drug-likeness (QED) is 0.604. The normalized spacial score (nSPS) is 11.1. The van der Waals surface area contributed by atoms with Gasteiger partial charge in [0.2, 0.25) is 0 Å². The van der Waals surface area contributed by atoms with E-state index in [2.05, 4.69) is 20.7 Å². The number of para-hydroxylation sites is 1. The molecule has 0 aliphatic rings. The first-order valence-corrected chi connectivity index (χ1v) is 8.84. The van der Waals surface area contributed by atoms with E-state index in [4.69, 9.17) is 0 Å². The van der Waals surface area contributed by atoms with Crippen LogP contribution in [0.5, 0.6) is 0 Å². The summed E-state index contributed by atoms with van der Waals surface area (Å²) < 4.78 is 3.64. The van der Waals surface area contributed by atoms with E-state index in [1.807, 2.05) is 61.9 Å². The standard InChI is InChI=1S/C20H20N6O/c1-4-25-18-11-10-15(12-17(18)22-24-25)20(27)21-19-13(2)23-26(14(19)3)16-8-6-5-7-9-16/h5-12H,4H2,1-3H3,(H,21,27). The van der Waals surface area contributed by atoms with Gasteiger partial charge < -0.3 is 5.32 Å². The van der Waals surface area contributed by atoms with Crippen molar-refractivity contribution in [1.29, 1.82) is 0 Å². The Morgan fingerprint density at radius 1 is 1.11 bits per heavy atom. The topological polar surface area (TPSA) is 77.6 Å². The Kier molecular flexibility index (Phi) is 4.19. The lowest BCUT2D eigenvalue weighted by Crippen LogP contribution is -2.13. The van der Waals surface area contributed by atoms with Crippen LogP contribution >= 0.6 is 0 Å². The molecule has 2 aromatic carbocycles. The van der Waals surface area contributed by atoms with Crippen molar-refractivity contribution in [2.45, 2.75) is 27.3 Å². The molecule has 27 heavy (non-hydrogen) atoms. The molecule has 0 aliphatic carbocycles. The van der Waals surface area contributed by atoms with E-state index in [0.717, 1.165) is 34.8 Å². The Morgan fingerprint density at radius 2 is 1.89 bits per heavy atom. The minimum Gasteiger partial charge on any atom is -0.319 e. The predicted molar refractivity (Wildman–Crippen MR) is 104 cm³/mol. The molecule has 2 aromatic heterocycles. The van der Waals surface area contributed by atoms with E-state index in [-0.39, 0.29) is 5.91 Å². The van der Waals surface area contributed by atoms with Gasteiger partial charge in [-0.25, -0.2) is 9.36 Å². The number of carbonyl (C=O) groups is 1. The van der Waals surface area contributed by atoms with Crippen LogP contribution in [0.2, 0.25) is 0 Å². The highest BCUT2D eigenvalue weighted by atomic mass is 16.1. The molecular formula is C20H20N6O. The van der Waals surface area contributed by atoms with Gasteiger partial charge in [0.15, 0.2) is 0 Å². The minimum atomic E-state index is -0.193. The highest BCUT2D eigenvalue weighted by Crippen LogP contribution is 2.24. The second-order valence-electron chi connectivity index (χ2n) is 6.36. The van der Waals surface area contributed by atoms with E-state index in [1.165, 1.54) is 0 Å². The van der Waals surface area contributed by atoms with Crippen molar-refractivity contribution in [2.24, 2.45) is 0 Å². The summed E-state index contributed by atoms with van der Waals surface area (Å²) >= 11 is 0. The van der Waals surface area contributed by atoms with Crippen LogP contribution in [0.3, 0.4) is 0 Å². The Labute approximate surface area is 156 Å². The molecule has 2 heterocycles. The zero-order valence-electron chi connectivity index (χ0n) is 15.5. The van der Waals surface area contributed by atoms with Crippen molar-refractivity contribution in [3.05, 3.63) is 65.5 Å². The number of anilines is 1. The molecule has 4 rings (SSSR count). The SMILES string of the molecule is CCn1nnc2cc(C(=O)Nc3c(C)nn(-c4ccccc4)c3C)ccc21. The Morgan fingerprint density at radius 3 is 2.63 bits per heavy atom. The molecule has 1 N–H and O–H groups in total. The molecule has 4 aromatic rings. The van der Waals surface area contributed by atoms with E-state index in [9.17, 15) is 4.79 Å². The molecule has 0 unspecified atom stereocenters. The van der Waals surface area contributed by atoms with Gasteiger partial charge in [0.1, 0.15) is 5.52 Å². The van der Waals surface area contributed by atoms with Crippen molar-refractivity contribution in [1.82, 2.24) is 24.8 Å². The molecule has 1 amide bonds. The van der Waals surface area contributed by atoms with E-state index in [0.29, 0.717) is 11.1 Å². The summed E-state index contributed by atoms with van der Waals surface area (Å²) in [6.45, 7) is 6.57. The van der Waals surface area contributed by atoms with Crippen LogP contribution in [0.4, 0.5) is 5.69 Å². The first-order chi connectivity index (χ1) is 13.1. The van der Waals surface area contributed by atoms with Gasteiger partial charge in [0.25, 0.3) is 5.91 Å². The Hall–Kier alpha value is -3.48. The lowest BCUT2D eigenvalue weighted by Gasteiger charge is -2.07. The zero-order chi connectivity index (χ0) is 19.0. The molecule has 0 aliphatic heterocycles. The number of rotatable bonds is 4. The van der Waals surface area contributed by atoms with Crippen LogP contribution in [0.1, 0.15) is 28.7 Å². The fourth-order valence-electron chi connectivity index (χ4n) is 3.18. The van der Waals surface area contributed by atoms with Gasteiger partial charge in [0, 0.05) is 12.1 Å². The van der Waals surface area contributed by atoms with Crippen molar-refractivity contribution in [2.75, 3.05) is 5.32 Å². The summed E-state index contributed by atoms with van der Waals surface area (Å²) in [5.74, 6) is -0.193. The number of carbonyl (C=O) groups excluding carboxylic acids is 1. The minimum absolute atomic E-state index is 0.193. The van der Waals surface area contributed by atoms with E-state index >= 15 is 0 Å². The molecule has 0 fully saturated rings. The van der Waals surface area contributed by atoms with Crippen molar-refractivity contribution < 1.29 is 4.79 Å². The maximum Gasteiger partial charge on any atom is 0.255 e. The highest BCUT2D eigenvalue weighted by Gasteiger charge is 2.17. The third kappa shape index (κ3) is 2.97. The summed E-state index contributed by atoms with van der Waals surface area (Å²) in [5.41, 5.74) is 5.48. The Balaban J connectivity index is 1.64. The molecular weight excluding hydrogens is 340 g/mol. The van der Waals surface area contributed by atoms with Crippen LogP contribution in [0.25, 0.3) is 16.7 Å². The van der Waals surface area contributed by atoms with Crippen molar-refractivity contribution in [3.8, 4) is 5.69 Å². The van der Waals surface area contributed by atoms with Crippen LogP contribution < -0.4 is 5.32 Å². The number of aromatic nitrogens is 5. The first-order valence-electron chi connectivity index (χ1n) is 8.84. The fourth-order valence-corrected chi connectivity index (χ4v) is 3.18. The van der Waals surface area contributed by atoms with Gasteiger partial charge >= 0.3 is 0 Å². The van der Waals surface area contributed by atoms with Crippen LogP contribution in [0, 0.1) is 13.8 Å². The van der Waals surface area contributed by atoms with Crippen molar-refractivity contribution >= 4 is 22.6 Å². The molecule has 0 bridgehead atoms. The Bertz CT molecular complexity index is 1130. The fraction of sp³-hybridized carbons (Fsp3) is 0.200. The van der Waals surface area contributed by atoms with Crippen LogP contribution in [0.15, 0.2) is 48.5 Å². The van der Waals surface area contributed by atoms with Gasteiger partial charge in [-0.2, -0.15) is 5.10 Å². The zero-order valence-corrected chi connectivity index (χ0v) is 15.5. The molecule has 7 heteroatoms. The summed E-state index contributed by atoms with van der Waals surface area (Å²) in [7, 11) is 0. The average molecular weight is 360 g/mol. The number of hydrogen-bond acceptors (Lipinski definition) is 4. The number of amides is 1. The monoisotopic (exact) mass is 360 g/mol. The molecule has 7 nitrogen and oxygen atoms in total. The molecule has 0 spiro atoms. The molecule has 0 saturated carbocycles. The second kappa shape index (κ2) is 6.68. The summed E-state index contributed by atoms with van der Waals surface area (Å²) in [6, 6.07) is 15.3.